The minimum atomic E-state index is -0.457. The number of carbonyl (C=O) groups is 1. The molecule has 0 radical (unpaired) electrons. The van der Waals surface area contributed by atoms with Gasteiger partial charge in [-0.3, -0.25) is 0 Å². The summed E-state index contributed by atoms with van der Waals surface area (Å²) in [5.74, 6) is 0. The topological polar surface area (TPSA) is 38.3 Å². The second-order valence-electron chi connectivity index (χ2n) is 4.45. The van der Waals surface area contributed by atoms with Crippen LogP contribution in [-0.4, -0.2) is 6.09 Å². The normalized spacial score (nSPS) is 11.7. The third kappa shape index (κ3) is 4.00. The molecule has 0 saturated heterocycles. The Morgan fingerprint density at radius 2 is 1.80 bits per heavy atom. The molecule has 0 aliphatic carbocycles. The lowest BCUT2D eigenvalue weighted by molar-refractivity contribution is 0.136. The van der Waals surface area contributed by atoms with Crippen LogP contribution < -0.4 is 5.32 Å². The van der Waals surface area contributed by atoms with Crippen molar-refractivity contribution in [3.63, 3.8) is 0 Å². The van der Waals surface area contributed by atoms with Gasteiger partial charge in [0.2, 0.25) is 0 Å². The van der Waals surface area contributed by atoms with E-state index in [1.165, 1.54) is 0 Å². The predicted octanol–water partition coefficient (Wildman–Crippen LogP) is 4.33. The maximum absolute atomic E-state index is 11.7. The molecule has 1 amide bonds. The standard InChI is InChI=1S/C16H16ClNO2/c1-12(14-9-5-6-10-15(14)17)18-16(19)20-11-13-7-3-2-4-8-13/h2-10,12H,11H2,1H3,(H,18,19)/t12-/m0/s1. The summed E-state index contributed by atoms with van der Waals surface area (Å²) in [6.45, 7) is 2.12. The summed E-state index contributed by atoms with van der Waals surface area (Å²) in [6.07, 6.45) is -0.457. The smallest absolute Gasteiger partial charge is 0.407 e. The summed E-state index contributed by atoms with van der Waals surface area (Å²) in [5, 5.41) is 3.39. The van der Waals surface area contributed by atoms with E-state index in [0.717, 1.165) is 11.1 Å². The van der Waals surface area contributed by atoms with Gasteiger partial charge in [0.15, 0.2) is 0 Å². The quantitative estimate of drug-likeness (QED) is 0.910. The van der Waals surface area contributed by atoms with Crippen molar-refractivity contribution in [2.75, 3.05) is 0 Å². The molecule has 0 bridgehead atoms. The van der Waals surface area contributed by atoms with Crippen molar-refractivity contribution in [2.24, 2.45) is 0 Å². The Bertz CT molecular complexity index is 572. The Morgan fingerprint density at radius 3 is 2.50 bits per heavy atom. The number of hydrogen-bond donors (Lipinski definition) is 1. The van der Waals surface area contributed by atoms with Crippen molar-refractivity contribution in [1.82, 2.24) is 5.32 Å². The molecule has 0 fully saturated rings. The fraction of sp³-hybridized carbons (Fsp3) is 0.188. The molecule has 20 heavy (non-hydrogen) atoms. The Hall–Kier alpha value is -2.00. The highest BCUT2D eigenvalue weighted by Gasteiger charge is 2.12. The highest BCUT2D eigenvalue weighted by atomic mass is 35.5. The first-order valence-electron chi connectivity index (χ1n) is 6.38. The van der Waals surface area contributed by atoms with Gasteiger partial charge >= 0.3 is 6.09 Å². The third-order valence-electron chi connectivity index (χ3n) is 2.92. The van der Waals surface area contributed by atoms with E-state index in [9.17, 15) is 4.79 Å². The van der Waals surface area contributed by atoms with E-state index in [-0.39, 0.29) is 12.6 Å². The predicted molar refractivity (Wildman–Crippen MR) is 79.6 cm³/mol. The van der Waals surface area contributed by atoms with E-state index in [0.29, 0.717) is 5.02 Å². The maximum atomic E-state index is 11.7. The summed E-state index contributed by atoms with van der Waals surface area (Å²) < 4.78 is 5.17. The summed E-state index contributed by atoms with van der Waals surface area (Å²) in [4.78, 5) is 11.7. The minimum absolute atomic E-state index is 0.202. The average Bonchev–Trinajstić information content (AvgIpc) is 2.46. The Labute approximate surface area is 123 Å². The Kier molecular flexibility index (Phi) is 5.02. The fourth-order valence-electron chi connectivity index (χ4n) is 1.85. The van der Waals surface area contributed by atoms with Crippen LogP contribution >= 0.6 is 11.6 Å². The second-order valence-corrected chi connectivity index (χ2v) is 4.86. The summed E-state index contributed by atoms with van der Waals surface area (Å²) in [7, 11) is 0. The van der Waals surface area contributed by atoms with Crippen LogP contribution in [-0.2, 0) is 11.3 Å². The van der Waals surface area contributed by atoms with E-state index in [1.54, 1.807) is 6.07 Å². The highest BCUT2D eigenvalue weighted by molar-refractivity contribution is 6.31. The van der Waals surface area contributed by atoms with Gasteiger partial charge in [-0.05, 0) is 24.1 Å². The molecule has 0 aliphatic heterocycles. The van der Waals surface area contributed by atoms with E-state index in [4.69, 9.17) is 16.3 Å². The third-order valence-corrected chi connectivity index (χ3v) is 3.26. The zero-order chi connectivity index (χ0) is 14.4. The van der Waals surface area contributed by atoms with Crippen molar-refractivity contribution in [3.05, 3.63) is 70.7 Å². The van der Waals surface area contributed by atoms with E-state index in [1.807, 2.05) is 55.5 Å². The van der Waals surface area contributed by atoms with Crippen LogP contribution in [0.25, 0.3) is 0 Å². The van der Waals surface area contributed by atoms with Crippen LogP contribution in [0.3, 0.4) is 0 Å². The molecule has 0 aliphatic rings. The molecule has 2 rings (SSSR count). The number of ether oxygens (including phenoxy) is 1. The molecular weight excluding hydrogens is 274 g/mol. The van der Waals surface area contributed by atoms with Crippen molar-refractivity contribution in [1.29, 1.82) is 0 Å². The minimum Gasteiger partial charge on any atom is -0.445 e. The van der Waals surface area contributed by atoms with E-state index >= 15 is 0 Å². The van der Waals surface area contributed by atoms with Gasteiger partial charge in [0.25, 0.3) is 0 Å². The summed E-state index contributed by atoms with van der Waals surface area (Å²) in [6, 6.07) is 16.8. The lowest BCUT2D eigenvalue weighted by Crippen LogP contribution is -2.27. The van der Waals surface area contributed by atoms with Gasteiger partial charge in [-0.2, -0.15) is 0 Å². The van der Waals surface area contributed by atoms with Crippen LogP contribution in [0, 0.1) is 0 Å². The number of nitrogens with one attached hydrogen (secondary N) is 1. The van der Waals surface area contributed by atoms with Crippen LogP contribution in [0.2, 0.25) is 5.02 Å². The van der Waals surface area contributed by atoms with Gasteiger partial charge in [-0.25, -0.2) is 4.79 Å². The van der Waals surface area contributed by atoms with Gasteiger partial charge in [0, 0.05) is 5.02 Å². The lowest BCUT2D eigenvalue weighted by Gasteiger charge is -2.15. The number of hydrogen-bond acceptors (Lipinski definition) is 2. The molecule has 1 atom stereocenters. The van der Waals surface area contributed by atoms with Crippen molar-refractivity contribution >= 4 is 17.7 Å². The molecule has 2 aromatic carbocycles. The number of halogens is 1. The van der Waals surface area contributed by atoms with Gasteiger partial charge in [-0.1, -0.05) is 60.1 Å². The molecule has 0 aromatic heterocycles. The van der Waals surface area contributed by atoms with Crippen molar-refractivity contribution < 1.29 is 9.53 Å². The van der Waals surface area contributed by atoms with Gasteiger partial charge < -0.3 is 10.1 Å². The number of rotatable bonds is 4. The molecular formula is C16H16ClNO2. The second kappa shape index (κ2) is 6.96. The van der Waals surface area contributed by atoms with Gasteiger partial charge in [0.05, 0.1) is 6.04 Å². The van der Waals surface area contributed by atoms with Crippen LogP contribution in [0.1, 0.15) is 24.1 Å². The Balaban J connectivity index is 1.87. The summed E-state index contributed by atoms with van der Waals surface area (Å²) in [5.41, 5.74) is 1.82. The largest absolute Gasteiger partial charge is 0.445 e. The zero-order valence-corrected chi connectivity index (χ0v) is 11.9. The van der Waals surface area contributed by atoms with E-state index < -0.39 is 6.09 Å². The first-order valence-corrected chi connectivity index (χ1v) is 6.76. The monoisotopic (exact) mass is 289 g/mol. The van der Waals surface area contributed by atoms with Crippen molar-refractivity contribution in [2.45, 2.75) is 19.6 Å². The van der Waals surface area contributed by atoms with E-state index in [2.05, 4.69) is 5.32 Å². The maximum Gasteiger partial charge on any atom is 0.407 e. The molecule has 1 N–H and O–H groups in total. The summed E-state index contributed by atoms with van der Waals surface area (Å²) >= 11 is 6.08. The van der Waals surface area contributed by atoms with Crippen molar-refractivity contribution in [3.8, 4) is 0 Å². The first kappa shape index (κ1) is 14.4. The molecule has 0 saturated carbocycles. The molecule has 3 nitrogen and oxygen atoms in total. The lowest BCUT2D eigenvalue weighted by atomic mass is 10.1. The van der Waals surface area contributed by atoms with Crippen LogP contribution in [0.5, 0.6) is 0 Å². The van der Waals surface area contributed by atoms with Crippen LogP contribution in [0.15, 0.2) is 54.6 Å². The number of benzene rings is 2. The number of amides is 1. The fourth-order valence-corrected chi connectivity index (χ4v) is 2.14. The zero-order valence-electron chi connectivity index (χ0n) is 11.2. The molecule has 4 heteroatoms. The molecule has 0 unspecified atom stereocenters. The highest BCUT2D eigenvalue weighted by Crippen LogP contribution is 2.22. The SMILES string of the molecule is C[C@H](NC(=O)OCc1ccccc1)c1ccccc1Cl. The molecule has 104 valence electrons. The average molecular weight is 290 g/mol. The van der Waals surface area contributed by atoms with Crippen LogP contribution in [0.4, 0.5) is 4.79 Å². The molecule has 0 heterocycles. The number of alkyl carbamates (subject to hydrolysis) is 1. The molecule has 2 aromatic rings. The number of carbonyl (C=O) groups excluding carboxylic acids is 1. The Morgan fingerprint density at radius 1 is 1.15 bits per heavy atom. The van der Waals surface area contributed by atoms with Gasteiger partial charge in [0.1, 0.15) is 6.61 Å². The molecule has 0 spiro atoms. The first-order chi connectivity index (χ1) is 9.66. The van der Waals surface area contributed by atoms with Gasteiger partial charge in [-0.15, -0.1) is 0 Å².